The van der Waals surface area contributed by atoms with Crippen molar-refractivity contribution in [1.82, 2.24) is 4.90 Å². The van der Waals surface area contributed by atoms with Crippen molar-refractivity contribution in [1.29, 1.82) is 0 Å². The number of ether oxygens (including phenoxy) is 3. The summed E-state index contributed by atoms with van der Waals surface area (Å²) >= 11 is 0. The maximum atomic E-state index is 12.9. The molecule has 2 heterocycles. The highest BCUT2D eigenvalue weighted by Crippen LogP contribution is 2.37. The molecule has 2 fully saturated rings. The maximum absolute atomic E-state index is 12.9. The molecule has 2 saturated heterocycles. The molecular weight excluding hydrogens is 320 g/mol. The largest absolute Gasteiger partial charge is 0.494 e. The third-order valence-corrected chi connectivity index (χ3v) is 5.18. The van der Waals surface area contributed by atoms with Crippen LogP contribution in [0.1, 0.15) is 36.0 Å². The summed E-state index contributed by atoms with van der Waals surface area (Å²) in [7, 11) is 1.70. The predicted molar refractivity (Wildman–Crippen MR) is 94.8 cm³/mol. The van der Waals surface area contributed by atoms with E-state index in [1.54, 1.807) is 13.2 Å². The zero-order valence-electron chi connectivity index (χ0n) is 14.9. The number of nitrogens with zero attached hydrogens (tertiary/aromatic N) is 1. The fraction of sp³-hybridized carbons (Fsp3) is 0.632. The summed E-state index contributed by atoms with van der Waals surface area (Å²) < 4.78 is 17.3. The number of carbonyl (C=O) groups is 1. The van der Waals surface area contributed by atoms with Crippen LogP contribution in [0.2, 0.25) is 0 Å². The van der Waals surface area contributed by atoms with Crippen LogP contribution >= 0.6 is 0 Å². The highest BCUT2D eigenvalue weighted by molar-refractivity contribution is 5.94. The molecule has 2 atom stereocenters. The van der Waals surface area contributed by atoms with Gasteiger partial charge in [-0.3, -0.25) is 4.79 Å². The SMILES string of the molecule is CO[C@H]1CN(C(=O)c2cccc(OCCCN)c2)CC[C@@]12CCCO2. The summed E-state index contributed by atoms with van der Waals surface area (Å²) in [6, 6.07) is 7.35. The molecule has 0 unspecified atom stereocenters. The standard InChI is InChI=1S/C19H28N2O4/c1-23-17-14-21(10-8-19(17)7-3-12-25-19)18(22)15-5-2-6-16(13-15)24-11-4-9-20/h2,5-6,13,17H,3-4,7-12,14,20H2,1H3/t17-,19-/m0/s1. The molecule has 6 heteroatoms. The first-order valence-corrected chi connectivity index (χ1v) is 9.07. The number of nitrogens with two attached hydrogens (primary N) is 1. The molecule has 1 aromatic carbocycles. The molecule has 3 rings (SSSR count). The number of amides is 1. The van der Waals surface area contributed by atoms with E-state index in [1.807, 2.05) is 23.1 Å². The van der Waals surface area contributed by atoms with Gasteiger partial charge in [0.2, 0.25) is 0 Å². The molecular formula is C19H28N2O4. The van der Waals surface area contributed by atoms with E-state index >= 15 is 0 Å². The summed E-state index contributed by atoms with van der Waals surface area (Å²) in [5.41, 5.74) is 5.91. The second kappa shape index (κ2) is 8.17. The highest BCUT2D eigenvalue weighted by atomic mass is 16.6. The van der Waals surface area contributed by atoms with E-state index in [-0.39, 0.29) is 17.6 Å². The van der Waals surface area contributed by atoms with Gasteiger partial charge in [-0.1, -0.05) is 6.07 Å². The van der Waals surface area contributed by atoms with Crippen LogP contribution < -0.4 is 10.5 Å². The monoisotopic (exact) mass is 348 g/mol. The average Bonchev–Trinajstić information content (AvgIpc) is 3.11. The Balaban J connectivity index is 1.66. The Labute approximate surface area is 149 Å². The highest BCUT2D eigenvalue weighted by Gasteiger charge is 2.47. The number of carbonyl (C=O) groups excluding carboxylic acids is 1. The molecule has 0 saturated carbocycles. The quantitative estimate of drug-likeness (QED) is 0.794. The van der Waals surface area contributed by atoms with Gasteiger partial charge in [0.1, 0.15) is 11.9 Å². The fourth-order valence-corrected chi connectivity index (χ4v) is 3.76. The van der Waals surface area contributed by atoms with Crippen molar-refractivity contribution in [3.05, 3.63) is 29.8 Å². The van der Waals surface area contributed by atoms with E-state index < -0.39 is 0 Å². The van der Waals surface area contributed by atoms with Crippen molar-refractivity contribution in [2.45, 2.75) is 37.4 Å². The van der Waals surface area contributed by atoms with Crippen molar-refractivity contribution >= 4 is 5.91 Å². The number of likely N-dealkylation sites (tertiary alicyclic amines) is 1. The normalized spacial score (nSPS) is 26.2. The third-order valence-electron chi connectivity index (χ3n) is 5.18. The number of hydrogen-bond donors (Lipinski definition) is 1. The van der Waals surface area contributed by atoms with Gasteiger partial charge >= 0.3 is 0 Å². The van der Waals surface area contributed by atoms with Gasteiger partial charge in [-0.25, -0.2) is 0 Å². The van der Waals surface area contributed by atoms with Gasteiger partial charge < -0.3 is 24.8 Å². The van der Waals surface area contributed by atoms with E-state index in [1.165, 1.54) is 0 Å². The first kappa shape index (κ1) is 18.2. The lowest BCUT2D eigenvalue weighted by molar-refractivity contribution is -0.136. The van der Waals surface area contributed by atoms with Crippen LogP contribution in [0.5, 0.6) is 5.75 Å². The van der Waals surface area contributed by atoms with Crippen LogP contribution in [0.25, 0.3) is 0 Å². The minimum Gasteiger partial charge on any atom is -0.494 e. The molecule has 1 aromatic rings. The summed E-state index contributed by atoms with van der Waals surface area (Å²) in [6.07, 6.45) is 3.62. The Morgan fingerprint density at radius 3 is 3.04 bits per heavy atom. The van der Waals surface area contributed by atoms with Crippen LogP contribution in [0.4, 0.5) is 0 Å². The van der Waals surface area contributed by atoms with Gasteiger partial charge in [-0.2, -0.15) is 0 Å². The lowest BCUT2D eigenvalue weighted by atomic mass is 9.85. The van der Waals surface area contributed by atoms with Crippen molar-refractivity contribution in [2.75, 3.05) is 40.0 Å². The molecule has 2 aliphatic heterocycles. The molecule has 0 aromatic heterocycles. The molecule has 1 spiro atoms. The Morgan fingerprint density at radius 2 is 2.32 bits per heavy atom. The number of rotatable bonds is 6. The number of piperidine rings is 1. The molecule has 0 bridgehead atoms. The Kier molecular flexibility index (Phi) is 5.93. The lowest BCUT2D eigenvalue weighted by Gasteiger charge is -2.44. The van der Waals surface area contributed by atoms with Gasteiger partial charge in [0.05, 0.1) is 12.2 Å². The summed E-state index contributed by atoms with van der Waals surface area (Å²) in [4.78, 5) is 14.8. The van der Waals surface area contributed by atoms with Gasteiger partial charge in [0.25, 0.3) is 5.91 Å². The van der Waals surface area contributed by atoms with Crippen LogP contribution in [-0.4, -0.2) is 62.5 Å². The summed E-state index contributed by atoms with van der Waals surface area (Å²) in [5, 5.41) is 0. The molecule has 2 aliphatic rings. The van der Waals surface area contributed by atoms with E-state index in [2.05, 4.69) is 0 Å². The minimum absolute atomic E-state index is 0.0131. The molecule has 2 N–H and O–H groups in total. The summed E-state index contributed by atoms with van der Waals surface area (Å²) in [6.45, 7) is 3.19. The number of methoxy groups -OCH3 is 1. The van der Waals surface area contributed by atoms with E-state index in [9.17, 15) is 4.79 Å². The first-order valence-electron chi connectivity index (χ1n) is 9.07. The van der Waals surface area contributed by atoms with Crippen LogP contribution in [0.3, 0.4) is 0 Å². The van der Waals surface area contributed by atoms with Gasteiger partial charge in [-0.15, -0.1) is 0 Å². The second-order valence-corrected chi connectivity index (χ2v) is 6.76. The second-order valence-electron chi connectivity index (χ2n) is 6.76. The Bertz CT molecular complexity index is 587. The molecule has 138 valence electrons. The molecule has 0 radical (unpaired) electrons. The smallest absolute Gasteiger partial charge is 0.254 e. The maximum Gasteiger partial charge on any atom is 0.254 e. The first-order chi connectivity index (χ1) is 12.2. The predicted octanol–water partition coefficient (Wildman–Crippen LogP) is 1.82. The Morgan fingerprint density at radius 1 is 1.44 bits per heavy atom. The average molecular weight is 348 g/mol. The van der Waals surface area contributed by atoms with Crippen molar-refractivity contribution < 1.29 is 19.0 Å². The fourth-order valence-electron chi connectivity index (χ4n) is 3.76. The van der Waals surface area contributed by atoms with Crippen LogP contribution in [0.15, 0.2) is 24.3 Å². The van der Waals surface area contributed by atoms with Gasteiger partial charge in [-0.05, 0) is 50.4 Å². The van der Waals surface area contributed by atoms with Crippen molar-refractivity contribution in [3.8, 4) is 5.75 Å². The molecule has 6 nitrogen and oxygen atoms in total. The van der Waals surface area contributed by atoms with Crippen molar-refractivity contribution in [3.63, 3.8) is 0 Å². The van der Waals surface area contributed by atoms with Crippen LogP contribution in [0, 0.1) is 0 Å². The Hall–Kier alpha value is -1.63. The lowest BCUT2D eigenvalue weighted by Crippen LogP contribution is -2.57. The zero-order chi connectivity index (χ0) is 17.7. The van der Waals surface area contributed by atoms with E-state index in [0.717, 1.165) is 32.3 Å². The topological polar surface area (TPSA) is 74.0 Å². The van der Waals surface area contributed by atoms with Crippen LogP contribution in [-0.2, 0) is 9.47 Å². The molecule has 25 heavy (non-hydrogen) atoms. The zero-order valence-corrected chi connectivity index (χ0v) is 14.9. The minimum atomic E-state index is -0.210. The summed E-state index contributed by atoms with van der Waals surface area (Å²) in [5.74, 6) is 0.717. The molecule has 0 aliphatic carbocycles. The third kappa shape index (κ3) is 3.97. The van der Waals surface area contributed by atoms with Crippen molar-refractivity contribution in [2.24, 2.45) is 5.73 Å². The van der Waals surface area contributed by atoms with Gasteiger partial charge in [0, 0.05) is 32.4 Å². The van der Waals surface area contributed by atoms with E-state index in [4.69, 9.17) is 19.9 Å². The van der Waals surface area contributed by atoms with Gasteiger partial charge in [0.15, 0.2) is 0 Å². The van der Waals surface area contributed by atoms with E-state index in [0.29, 0.717) is 37.6 Å². The molecule has 1 amide bonds. The number of benzene rings is 1. The number of hydrogen-bond acceptors (Lipinski definition) is 5.